The number of hydrogen-bond donors (Lipinski definition) is 2. The Balaban J connectivity index is 0.000000241. The molecule has 80 valence electrons. The quantitative estimate of drug-likeness (QED) is 0.454. The van der Waals surface area contributed by atoms with E-state index in [0.29, 0.717) is 12.4 Å². The third-order valence-electron chi connectivity index (χ3n) is 0.903. The van der Waals surface area contributed by atoms with Gasteiger partial charge in [0.2, 0.25) is 0 Å². The van der Waals surface area contributed by atoms with Crippen LogP contribution in [0.25, 0.3) is 0 Å². The number of ether oxygens (including phenoxy) is 1. The minimum atomic E-state index is -5.19. The molecule has 0 bridgehead atoms. The smallest absolute Gasteiger partial charge is 0.430 e. The molecule has 0 aromatic carbocycles. The Hall–Kier alpha value is -1.73. The maximum Gasteiger partial charge on any atom is 0.430 e. The number of hydrogen-bond acceptors (Lipinski definition) is 4. The average molecular weight is 212 g/mol. The molecule has 3 N–H and O–H groups in total. The van der Waals surface area contributed by atoms with Gasteiger partial charge in [-0.15, -0.1) is 0 Å². The number of carboxylic acids is 1. The molecule has 0 unspecified atom stereocenters. The van der Waals surface area contributed by atoms with Gasteiger partial charge in [0.15, 0.2) is 6.61 Å². The maximum atomic E-state index is 10.5. The second kappa shape index (κ2) is 5.10. The van der Waals surface area contributed by atoms with Crippen molar-refractivity contribution in [2.24, 2.45) is 5.73 Å². The summed E-state index contributed by atoms with van der Waals surface area (Å²) in [5.74, 6) is -2.35. The standard InChI is InChI=1S/C4H6N2O.C2HF3O2/c5-4-3-7-2-1-6-4;3-2(4,5)1(6)7/h1-2H,3H2,(H2,5,6);(H,6,7). The molecule has 0 saturated heterocycles. The van der Waals surface area contributed by atoms with E-state index < -0.39 is 12.1 Å². The Morgan fingerprint density at radius 3 is 2.29 bits per heavy atom. The van der Waals surface area contributed by atoms with Crippen molar-refractivity contribution in [3.8, 4) is 0 Å². The fourth-order valence-corrected chi connectivity index (χ4v) is 0.369. The van der Waals surface area contributed by atoms with Crippen LogP contribution in [0, 0.1) is 0 Å². The number of halogens is 3. The molecule has 0 aromatic heterocycles. The molecule has 0 fully saturated rings. The van der Waals surface area contributed by atoms with E-state index in [1.54, 1.807) is 12.5 Å². The molecule has 0 aromatic rings. The van der Waals surface area contributed by atoms with Crippen molar-refractivity contribution in [1.82, 2.24) is 0 Å². The van der Waals surface area contributed by atoms with Crippen LogP contribution < -0.4 is 15.8 Å². The van der Waals surface area contributed by atoms with Crippen molar-refractivity contribution in [3.63, 3.8) is 0 Å². The van der Waals surface area contributed by atoms with Gasteiger partial charge in [-0.25, -0.2) is 4.99 Å². The third-order valence-corrected chi connectivity index (χ3v) is 0.903. The second-order valence-corrected chi connectivity index (χ2v) is 2.07. The minimum absolute atomic E-state index is 0.483. The molecule has 0 spiro atoms. The zero-order chi connectivity index (χ0) is 11.2. The van der Waals surface area contributed by atoms with Gasteiger partial charge in [-0.1, -0.05) is 0 Å². The zero-order valence-corrected chi connectivity index (χ0v) is 6.80. The summed E-state index contributed by atoms with van der Waals surface area (Å²) >= 11 is 0. The number of amidine groups is 1. The first-order valence-electron chi connectivity index (χ1n) is 3.26. The average Bonchev–Trinajstić information content (AvgIpc) is 2.04. The molecule has 1 heterocycles. The molecular formula is C6H7F3N2O3. The number of nitrogens with two attached hydrogens (primary N) is 1. The van der Waals surface area contributed by atoms with Crippen molar-refractivity contribution in [2.75, 3.05) is 6.61 Å². The van der Waals surface area contributed by atoms with Gasteiger partial charge < -0.3 is 14.6 Å². The van der Waals surface area contributed by atoms with E-state index in [-0.39, 0.29) is 0 Å². The molecule has 5 nitrogen and oxygen atoms in total. The van der Waals surface area contributed by atoms with Crippen molar-refractivity contribution in [1.29, 1.82) is 0 Å². The highest BCUT2D eigenvalue weighted by Crippen LogP contribution is 2.11. The molecule has 1 aliphatic rings. The fourth-order valence-electron chi connectivity index (χ4n) is 0.369. The van der Waals surface area contributed by atoms with E-state index in [1.165, 1.54) is 0 Å². The lowest BCUT2D eigenvalue weighted by molar-refractivity contribution is -0.382. The predicted molar refractivity (Wildman–Crippen MR) is 36.3 cm³/mol. The van der Waals surface area contributed by atoms with Gasteiger partial charge in [-0.3, -0.25) is 5.73 Å². The summed E-state index contributed by atoms with van der Waals surface area (Å²) in [5.41, 5.74) is 5.26. The van der Waals surface area contributed by atoms with Crippen molar-refractivity contribution in [3.05, 3.63) is 12.5 Å². The summed E-state index contributed by atoms with van der Waals surface area (Å²) in [6.45, 7) is 0.483. The molecule has 1 aliphatic heterocycles. The van der Waals surface area contributed by atoms with E-state index >= 15 is 0 Å². The SMILES string of the molecule is NC1=[NH+]C=COC1.O=C([O-])C(F)(F)F. The van der Waals surface area contributed by atoms with E-state index in [2.05, 4.69) is 4.99 Å². The number of alkyl halides is 3. The monoisotopic (exact) mass is 212 g/mol. The van der Waals surface area contributed by atoms with Crippen LogP contribution in [0.15, 0.2) is 12.5 Å². The van der Waals surface area contributed by atoms with Crippen LogP contribution in [0.1, 0.15) is 0 Å². The molecular weight excluding hydrogens is 205 g/mol. The van der Waals surface area contributed by atoms with E-state index in [0.717, 1.165) is 0 Å². The number of nitrogens with one attached hydrogen (secondary N) is 1. The summed E-state index contributed by atoms with van der Waals surface area (Å²) in [6, 6.07) is 0. The van der Waals surface area contributed by atoms with Gasteiger partial charge in [-0.05, 0) is 0 Å². The van der Waals surface area contributed by atoms with Gasteiger partial charge in [-0.2, -0.15) is 13.2 Å². The lowest BCUT2D eigenvalue weighted by Gasteiger charge is -2.03. The van der Waals surface area contributed by atoms with Crippen molar-refractivity contribution < 1.29 is 32.8 Å². The van der Waals surface area contributed by atoms with Crippen molar-refractivity contribution >= 4 is 11.8 Å². The first kappa shape index (κ1) is 12.3. The summed E-state index contributed by atoms with van der Waals surface area (Å²) < 4.78 is 36.3. The van der Waals surface area contributed by atoms with Gasteiger partial charge in [0.1, 0.15) is 18.4 Å². The van der Waals surface area contributed by atoms with Crippen molar-refractivity contribution in [2.45, 2.75) is 6.18 Å². The normalized spacial score (nSPS) is 14.6. The van der Waals surface area contributed by atoms with Crippen LogP contribution in [-0.4, -0.2) is 24.6 Å². The van der Waals surface area contributed by atoms with Crippen LogP contribution in [0.4, 0.5) is 13.2 Å². The number of rotatable bonds is 0. The summed E-state index contributed by atoms with van der Waals surface area (Å²) in [5, 5.41) is 8.78. The molecule has 0 aliphatic carbocycles. The van der Waals surface area contributed by atoms with E-state index in [9.17, 15) is 13.2 Å². The van der Waals surface area contributed by atoms with Gasteiger partial charge >= 0.3 is 6.18 Å². The first-order chi connectivity index (χ1) is 6.34. The number of carbonyl (C=O) groups excluding carboxylic acids is 1. The fraction of sp³-hybridized carbons (Fsp3) is 0.333. The lowest BCUT2D eigenvalue weighted by Crippen LogP contribution is -2.71. The summed E-state index contributed by atoms with van der Waals surface area (Å²) in [6.07, 6.45) is -1.98. The zero-order valence-electron chi connectivity index (χ0n) is 6.80. The Bertz CT molecular complexity index is 260. The largest absolute Gasteiger partial charge is 0.542 e. The Morgan fingerprint density at radius 2 is 2.14 bits per heavy atom. The van der Waals surface area contributed by atoms with Crippen LogP contribution in [0.3, 0.4) is 0 Å². The number of aliphatic carboxylic acids is 1. The van der Waals surface area contributed by atoms with Crippen LogP contribution in [-0.2, 0) is 9.53 Å². The molecule has 14 heavy (non-hydrogen) atoms. The highest BCUT2D eigenvalue weighted by Gasteiger charge is 2.28. The highest BCUT2D eigenvalue weighted by molar-refractivity contribution is 5.76. The van der Waals surface area contributed by atoms with Gasteiger partial charge in [0.05, 0.1) is 0 Å². The number of carboxylic acid groups (broad SMARTS) is 1. The molecule has 8 heteroatoms. The van der Waals surface area contributed by atoms with E-state index in [1.807, 2.05) is 0 Å². The van der Waals surface area contributed by atoms with Crippen LogP contribution >= 0.6 is 0 Å². The number of carbonyl (C=O) groups is 1. The first-order valence-corrected chi connectivity index (χ1v) is 3.26. The summed E-state index contributed by atoms with van der Waals surface area (Å²) in [7, 11) is 0. The Labute approximate surface area is 76.7 Å². The molecule has 0 atom stereocenters. The Kier molecular flexibility index (Phi) is 4.47. The van der Waals surface area contributed by atoms with Gasteiger partial charge in [0, 0.05) is 0 Å². The molecule has 0 amide bonds. The molecule has 1 rings (SSSR count). The van der Waals surface area contributed by atoms with E-state index in [4.69, 9.17) is 20.4 Å². The Morgan fingerprint density at radius 1 is 1.64 bits per heavy atom. The second-order valence-electron chi connectivity index (χ2n) is 2.07. The molecule has 0 saturated carbocycles. The van der Waals surface area contributed by atoms with Crippen LogP contribution in [0.2, 0.25) is 0 Å². The maximum absolute atomic E-state index is 10.5. The highest BCUT2D eigenvalue weighted by atomic mass is 19.4. The topological polar surface area (TPSA) is 89.3 Å². The minimum Gasteiger partial charge on any atom is -0.542 e. The molecule has 0 radical (unpaired) electrons. The third kappa shape index (κ3) is 5.86. The predicted octanol–water partition coefficient (Wildman–Crippen LogP) is -2.78. The summed E-state index contributed by atoms with van der Waals surface area (Å²) in [4.78, 5) is 11.6. The van der Waals surface area contributed by atoms with Gasteiger partial charge in [0.25, 0.3) is 5.84 Å². The van der Waals surface area contributed by atoms with Crippen LogP contribution in [0.5, 0.6) is 0 Å². The lowest BCUT2D eigenvalue weighted by atomic mass is 10.6.